The third kappa shape index (κ3) is 4.15. The molecule has 7 heteroatoms. The molecule has 0 spiro atoms. The minimum absolute atomic E-state index is 0.00644. The van der Waals surface area contributed by atoms with Gasteiger partial charge in [0, 0.05) is 18.2 Å². The predicted molar refractivity (Wildman–Crippen MR) is 78.4 cm³/mol. The summed E-state index contributed by atoms with van der Waals surface area (Å²) in [6.07, 6.45) is 3.12. The van der Waals surface area contributed by atoms with Gasteiger partial charge in [-0.25, -0.2) is 0 Å². The Morgan fingerprint density at radius 2 is 2.24 bits per heavy atom. The van der Waals surface area contributed by atoms with Gasteiger partial charge in [-0.05, 0) is 37.3 Å². The molecule has 1 aromatic rings. The van der Waals surface area contributed by atoms with Gasteiger partial charge in [-0.3, -0.25) is 14.9 Å². The molecule has 0 bridgehead atoms. The second-order valence-corrected chi connectivity index (χ2v) is 5.73. The molecule has 1 aliphatic rings. The highest BCUT2D eigenvalue weighted by Gasteiger charge is 2.21. The van der Waals surface area contributed by atoms with E-state index in [9.17, 15) is 20.0 Å². The van der Waals surface area contributed by atoms with Crippen molar-refractivity contribution in [1.29, 1.82) is 0 Å². The highest BCUT2D eigenvalue weighted by atomic mass is 35.5. The van der Waals surface area contributed by atoms with E-state index in [0.717, 1.165) is 19.3 Å². The quantitative estimate of drug-likeness (QED) is 0.660. The lowest BCUT2D eigenvalue weighted by molar-refractivity contribution is -0.384. The Morgan fingerprint density at radius 1 is 1.48 bits per heavy atom. The van der Waals surface area contributed by atoms with Crippen molar-refractivity contribution in [2.45, 2.75) is 31.8 Å². The molecular weight excluding hydrogens is 296 g/mol. The van der Waals surface area contributed by atoms with Crippen LogP contribution in [-0.4, -0.2) is 28.6 Å². The fraction of sp³-hybridized carbons (Fsp3) is 0.500. The van der Waals surface area contributed by atoms with E-state index in [1.165, 1.54) is 18.2 Å². The first-order chi connectivity index (χ1) is 9.97. The Balaban J connectivity index is 1.97. The number of carbonyl (C=O) groups is 1. The van der Waals surface area contributed by atoms with Crippen molar-refractivity contribution in [3.63, 3.8) is 0 Å². The molecule has 2 rings (SSSR count). The summed E-state index contributed by atoms with van der Waals surface area (Å²) >= 11 is 5.71. The van der Waals surface area contributed by atoms with Gasteiger partial charge in [0.15, 0.2) is 0 Å². The molecule has 1 saturated carbocycles. The van der Waals surface area contributed by atoms with Crippen LogP contribution < -0.4 is 5.32 Å². The van der Waals surface area contributed by atoms with Crippen molar-refractivity contribution in [2.75, 3.05) is 6.54 Å². The molecule has 114 valence electrons. The van der Waals surface area contributed by atoms with Crippen molar-refractivity contribution in [3.8, 4) is 0 Å². The third-order valence-corrected chi connectivity index (χ3v) is 4.03. The summed E-state index contributed by atoms with van der Waals surface area (Å²) in [5.41, 5.74) is -0.0696. The Morgan fingerprint density at radius 3 is 2.90 bits per heavy atom. The van der Waals surface area contributed by atoms with E-state index >= 15 is 0 Å². The minimum atomic E-state index is -0.614. The van der Waals surface area contributed by atoms with E-state index in [2.05, 4.69) is 5.32 Å². The molecule has 6 nitrogen and oxygen atoms in total. The van der Waals surface area contributed by atoms with E-state index < -0.39 is 4.92 Å². The number of aliphatic hydroxyl groups is 1. The number of nitrogens with one attached hydrogen (secondary N) is 1. The van der Waals surface area contributed by atoms with Crippen LogP contribution >= 0.6 is 11.6 Å². The van der Waals surface area contributed by atoms with E-state index in [1.807, 2.05) is 0 Å². The van der Waals surface area contributed by atoms with Gasteiger partial charge in [0.1, 0.15) is 5.02 Å². The SMILES string of the molecule is O=C(NCC1CCCC(O)C1)c1ccc(Cl)c([N+](=O)[O-])c1. The average molecular weight is 313 g/mol. The summed E-state index contributed by atoms with van der Waals surface area (Å²) in [7, 11) is 0. The number of hydrogen-bond donors (Lipinski definition) is 2. The van der Waals surface area contributed by atoms with E-state index in [4.69, 9.17) is 11.6 Å². The topological polar surface area (TPSA) is 92.5 Å². The highest BCUT2D eigenvalue weighted by molar-refractivity contribution is 6.32. The molecule has 1 fully saturated rings. The van der Waals surface area contributed by atoms with Crippen LogP contribution in [0.4, 0.5) is 5.69 Å². The molecule has 1 aromatic carbocycles. The Kier molecular flexibility index (Phi) is 5.14. The zero-order valence-electron chi connectivity index (χ0n) is 11.4. The maximum absolute atomic E-state index is 12.0. The summed E-state index contributed by atoms with van der Waals surface area (Å²) in [6.45, 7) is 0.465. The second kappa shape index (κ2) is 6.87. The molecular formula is C14H17ClN2O4. The first-order valence-corrected chi connectivity index (χ1v) is 7.25. The second-order valence-electron chi connectivity index (χ2n) is 5.32. The Labute approximate surface area is 127 Å². The molecule has 0 radical (unpaired) electrons. The molecule has 2 atom stereocenters. The molecule has 1 aliphatic carbocycles. The molecule has 21 heavy (non-hydrogen) atoms. The summed E-state index contributed by atoms with van der Waals surface area (Å²) in [4.78, 5) is 22.2. The van der Waals surface area contributed by atoms with Crippen molar-refractivity contribution in [2.24, 2.45) is 5.92 Å². The maximum atomic E-state index is 12.0. The van der Waals surface area contributed by atoms with Crippen molar-refractivity contribution >= 4 is 23.2 Å². The van der Waals surface area contributed by atoms with Crippen LogP contribution in [0, 0.1) is 16.0 Å². The van der Waals surface area contributed by atoms with E-state index in [0.29, 0.717) is 13.0 Å². The number of rotatable bonds is 4. The van der Waals surface area contributed by atoms with Crippen molar-refractivity contribution in [1.82, 2.24) is 5.32 Å². The van der Waals surface area contributed by atoms with Crippen molar-refractivity contribution < 1.29 is 14.8 Å². The fourth-order valence-corrected chi connectivity index (χ4v) is 2.77. The van der Waals surface area contributed by atoms with Gasteiger partial charge in [-0.1, -0.05) is 18.0 Å². The number of amides is 1. The average Bonchev–Trinajstić information content (AvgIpc) is 2.45. The molecule has 1 amide bonds. The van der Waals surface area contributed by atoms with Crippen LogP contribution in [0.25, 0.3) is 0 Å². The number of nitrogens with zero attached hydrogens (tertiary/aromatic N) is 1. The molecule has 0 aliphatic heterocycles. The monoisotopic (exact) mass is 312 g/mol. The number of carbonyl (C=O) groups excluding carboxylic acids is 1. The molecule has 2 unspecified atom stereocenters. The van der Waals surface area contributed by atoms with Crippen LogP contribution in [-0.2, 0) is 0 Å². The lowest BCUT2D eigenvalue weighted by Crippen LogP contribution is -2.33. The number of aliphatic hydroxyl groups excluding tert-OH is 1. The maximum Gasteiger partial charge on any atom is 0.288 e. The van der Waals surface area contributed by atoms with Gasteiger partial charge in [0.05, 0.1) is 11.0 Å². The van der Waals surface area contributed by atoms with Gasteiger partial charge in [-0.2, -0.15) is 0 Å². The third-order valence-electron chi connectivity index (χ3n) is 3.71. The molecule has 2 N–H and O–H groups in total. The van der Waals surface area contributed by atoms with Gasteiger partial charge in [0.2, 0.25) is 0 Å². The first kappa shape index (κ1) is 15.7. The Hall–Kier alpha value is -1.66. The summed E-state index contributed by atoms with van der Waals surface area (Å²) < 4.78 is 0. The number of nitro benzene ring substituents is 1. The van der Waals surface area contributed by atoms with Gasteiger partial charge < -0.3 is 10.4 Å². The molecule has 0 heterocycles. The fourth-order valence-electron chi connectivity index (χ4n) is 2.58. The standard InChI is InChI=1S/C14H17ClN2O4/c15-12-5-4-10(7-13(12)17(20)21)14(19)16-8-9-2-1-3-11(18)6-9/h4-5,7,9,11,18H,1-3,6,8H2,(H,16,19). The zero-order valence-corrected chi connectivity index (χ0v) is 12.2. The largest absolute Gasteiger partial charge is 0.393 e. The lowest BCUT2D eigenvalue weighted by Gasteiger charge is -2.25. The highest BCUT2D eigenvalue weighted by Crippen LogP contribution is 2.26. The van der Waals surface area contributed by atoms with Crippen LogP contribution in [0.2, 0.25) is 5.02 Å². The van der Waals surface area contributed by atoms with Gasteiger partial charge in [-0.15, -0.1) is 0 Å². The van der Waals surface area contributed by atoms with Gasteiger partial charge >= 0.3 is 0 Å². The van der Waals surface area contributed by atoms with Crippen LogP contribution in [0.1, 0.15) is 36.0 Å². The molecule has 0 aromatic heterocycles. The lowest BCUT2D eigenvalue weighted by atomic mass is 9.87. The summed E-state index contributed by atoms with van der Waals surface area (Å²) in [5.74, 6) is -0.116. The van der Waals surface area contributed by atoms with E-state index in [1.54, 1.807) is 0 Å². The van der Waals surface area contributed by atoms with Crippen LogP contribution in [0.5, 0.6) is 0 Å². The first-order valence-electron chi connectivity index (χ1n) is 6.87. The number of nitro groups is 1. The smallest absolute Gasteiger partial charge is 0.288 e. The predicted octanol–water partition coefficient (Wildman–Crippen LogP) is 2.53. The number of hydrogen-bond acceptors (Lipinski definition) is 4. The van der Waals surface area contributed by atoms with Crippen molar-refractivity contribution in [3.05, 3.63) is 38.9 Å². The number of benzene rings is 1. The van der Waals surface area contributed by atoms with Crippen LogP contribution in [0.15, 0.2) is 18.2 Å². The van der Waals surface area contributed by atoms with Crippen LogP contribution in [0.3, 0.4) is 0 Å². The normalized spacial score (nSPS) is 21.8. The van der Waals surface area contributed by atoms with E-state index in [-0.39, 0.29) is 34.2 Å². The number of halogens is 1. The van der Waals surface area contributed by atoms with Gasteiger partial charge in [0.25, 0.3) is 11.6 Å². The molecule has 0 saturated heterocycles. The summed E-state index contributed by atoms with van der Waals surface area (Å²) in [5, 5.41) is 23.2. The summed E-state index contributed by atoms with van der Waals surface area (Å²) in [6, 6.07) is 3.98. The Bertz CT molecular complexity index is 550. The zero-order chi connectivity index (χ0) is 15.4. The minimum Gasteiger partial charge on any atom is -0.393 e.